The maximum atomic E-state index is 15.5. The van der Waals surface area contributed by atoms with Crippen molar-refractivity contribution in [2.24, 2.45) is 84.7 Å². The van der Waals surface area contributed by atoms with Gasteiger partial charge in [0.05, 0.1) is 28.5 Å². The van der Waals surface area contributed by atoms with Crippen LogP contribution in [0.1, 0.15) is 225 Å². The lowest BCUT2D eigenvalue weighted by atomic mass is 9.52. The number of aliphatic hydroxyl groups is 1. The highest BCUT2D eigenvalue weighted by molar-refractivity contribution is 5.87. The Bertz CT molecular complexity index is 1990. The number of carbonyl (C=O) groups excluding carboxylic acids is 4. The minimum atomic E-state index is -0.941. The molecule has 10 fully saturated rings. The molecule has 0 aromatic heterocycles. The quantitative estimate of drug-likeness (QED) is 0.106. The monoisotopic (exact) mass is 933 g/mol. The Morgan fingerprint density at radius 2 is 1.43 bits per heavy atom. The number of cyclic esters (lactones) is 1. The molecular weight excluding hydrogens is 841 g/mol. The Morgan fingerprint density at radius 3 is 2.00 bits per heavy atom. The number of rotatable bonds is 18. The smallest absolute Gasteiger partial charge is 0.347 e. The van der Waals surface area contributed by atoms with E-state index >= 15 is 14.4 Å². The second-order valence-electron chi connectivity index (χ2n) is 28.4. The molecule has 10 aliphatic rings. The molecule has 0 amide bonds. The molecule has 15 atom stereocenters. The summed E-state index contributed by atoms with van der Waals surface area (Å²) in [7, 11) is 0. The van der Waals surface area contributed by atoms with Gasteiger partial charge in [-0.1, -0.05) is 102 Å². The van der Waals surface area contributed by atoms with E-state index in [1.165, 1.54) is 12.8 Å². The number of hydrogen-bond donors (Lipinski definition) is 1. The predicted molar refractivity (Wildman–Crippen MR) is 258 cm³/mol. The van der Waals surface area contributed by atoms with Crippen molar-refractivity contribution in [3.8, 4) is 0 Å². The zero-order valence-electron chi connectivity index (χ0n) is 44.4. The molecule has 0 spiro atoms. The number of carbonyl (C=O) groups is 4. The van der Waals surface area contributed by atoms with Crippen LogP contribution in [-0.2, 0) is 38.1 Å². The first-order valence-corrected chi connectivity index (χ1v) is 27.7. The van der Waals surface area contributed by atoms with E-state index in [4.69, 9.17) is 18.9 Å². The van der Waals surface area contributed by atoms with E-state index in [-0.39, 0.29) is 47.2 Å². The minimum absolute atomic E-state index is 0.00354. The van der Waals surface area contributed by atoms with Crippen molar-refractivity contribution in [3.63, 3.8) is 0 Å². The molecule has 0 radical (unpaired) electrons. The Kier molecular flexibility index (Phi) is 11.8. The molecule has 9 saturated carbocycles. The second-order valence-corrected chi connectivity index (χ2v) is 28.4. The summed E-state index contributed by atoms with van der Waals surface area (Å²) in [5.41, 5.74) is -6.06. The molecule has 15 unspecified atom stereocenters. The normalized spacial score (nSPS) is 48.6. The average Bonchev–Trinajstić information content (AvgIpc) is 4.14. The van der Waals surface area contributed by atoms with Gasteiger partial charge in [0.2, 0.25) is 6.10 Å². The molecule has 1 heterocycles. The molecule has 0 aromatic carbocycles. The van der Waals surface area contributed by atoms with Crippen molar-refractivity contribution >= 4 is 23.9 Å². The van der Waals surface area contributed by atoms with E-state index in [0.29, 0.717) is 61.7 Å². The number of esters is 4. The van der Waals surface area contributed by atoms with Crippen LogP contribution < -0.4 is 0 Å². The Labute approximate surface area is 404 Å². The average molecular weight is 933 g/mol. The van der Waals surface area contributed by atoms with Gasteiger partial charge in [-0.3, -0.25) is 14.4 Å². The largest absolute Gasteiger partial charge is 0.463 e. The van der Waals surface area contributed by atoms with Crippen LogP contribution in [0, 0.1) is 84.7 Å². The third kappa shape index (κ3) is 7.63. The molecule has 67 heavy (non-hydrogen) atoms. The first-order chi connectivity index (χ1) is 31.1. The van der Waals surface area contributed by atoms with Gasteiger partial charge in [0, 0.05) is 12.8 Å². The molecule has 378 valence electrons. The van der Waals surface area contributed by atoms with Crippen LogP contribution in [0.4, 0.5) is 0 Å². The van der Waals surface area contributed by atoms with Crippen molar-refractivity contribution in [1.82, 2.24) is 0 Å². The Hall–Kier alpha value is -2.16. The van der Waals surface area contributed by atoms with Crippen molar-refractivity contribution in [2.45, 2.75) is 248 Å². The molecule has 10 rings (SSSR count). The topological polar surface area (TPSA) is 125 Å². The van der Waals surface area contributed by atoms with Crippen molar-refractivity contribution in [3.05, 3.63) is 0 Å². The van der Waals surface area contributed by atoms with Crippen molar-refractivity contribution in [2.75, 3.05) is 6.61 Å². The third-order valence-corrected chi connectivity index (χ3v) is 23.6. The van der Waals surface area contributed by atoms with E-state index in [1.54, 1.807) is 0 Å². The van der Waals surface area contributed by atoms with Crippen LogP contribution in [-0.4, -0.2) is 58.5 Å². The molecule has 9 aliphatic carbocycles. The second kappa shape index (κ2) is 15.9. The van der Waals surface area contributed by atoms with Crippen LogP contribution in [0.3, 0.4) is 0 Å². The molecule has 1 aliphatic heterocycles. The summed E-state index contributed by atoms with van der Waals surface area (Å²) < 4.78 is 25.6. The number of hydrogen-bond acceptors (Lipinski definition) is 9. The molecular formula is C58H92O9. The fourth-order valence-electron chi connectivity index (χ4n) is 18.3. The number of ether oxygens (including phenoxy) is 4. The van der Waals surface area contributed by atoms with Crippen LogP contribution in [0.2, 0.25) is 0 Å². The molecule has 9 nitrogen and oxygen atoms in total. The number of fused-ring (bicyclic) bond motifs is 2. The van der Waals surface area contributed by atoms with Gasteiger partial charge in [0.15, 0.2) is 0 Å². The van der Waals surface area contributed by atoms with Gasteiger partial charge in [0.1, 0.15) is 11.2 Å². The molecule has 9 heteroatoms. The van der Waals surface area contributed by atoms with E-state index in [2.05, 4.69) is 90.0 Å². The summed E-state index contributed by atoms with van der Waals surface area (Å²) in [5.74, 6) is 1.86. The van der Waals surface area contributed by atoms with Crippen LogP contribution in [0.5, 0.6) is 0 Å². The molecule has 1 N–H and O–H groups in total. The Morgan fingerprint density at radius 1 is 0.761 bits per heavy atom. The highest BCUT2D eigenvalue weighted by Gasteiger charge is 2.81. The lowest BCUT2D eigenvalue weighted by Crippen LogP contribution is -2.61. The first kappa shape index (κ1) is 49.8. The van der Waals surface area contributed by atoms with Gasteiger partial charge in [-0.05, 0) is 178 Å². The van der Waals surface area contributed by atoms with Crippen molar-refractivity contribution in [1.29, 1.82) is 0 Å². The van der Waals surface area contributed by atoms with Gasteiger partial charge in [0.25, 0.3) is 0 Å². The lowest BCUT2D eigenvalue weighted by molar-refractivity contribution is -0.225. The minimum Gasteiger partial charge on any atom is -0.463 e. The maximum Gasteiger partial charge on any atom is 0.347 e. The van der Waals surface area contributed by atoms with Gasteiger partial charge in [-0.15, -0.1) is 0 Å². The summed E-state index contributed by atoms with van der Waals surface area (Å²) in [6.45, 7) is 29.6. The third-order valence-electron chi connectivity index (χ3n) is 23.6. The standard InChI is InChI=1S/C58H92O9/c1-14-37-21-38-20-36(5)53(13,42(23-37)24-38)66-47(62)58(30-48(6,7)16-3)33-51(58,11)41(15-2)29-56(45(60)65-43-18-19-64-44(43)59)34-52(56,12)49(8,9)31-57(32-50(57,10)17-4)46(61)67-55-27-39-22-40(28-55)26-54(63,25-39)35-55/h36-43,63H,14-35H2,1-13H3. The van der Waals surface area contributed by atoms with Crippen LogP contribution >= 0.6 is 0 Å². The summed E-state index contributed by atoms with van der Waals surface area (Å²) >= 11 is 0. The van der Waals surface area contributed by atoms with E-state index in [9.17, 15) is 9.90 Å². The highest BCUT2D eigenvalue weighted by atomic mass is 16.6. The summed E-state index contributed by atoms with van der Waals surface area (Å²) in [6, 6.07) is 0. The molecule has 1 saturated heterocycles. The molecule has 6 bridgehead atoms. The maximum absolute atomic E-state index is 15.5. The van der Waals surface area contributed by atoms with Gasteiger partial charge in [-0.2, -0.15) is 0 Å². The highest BCUT2D eigenvalue weighted by Crippen LogP contribution is 2.82. The van der Waals surface area contributed by atoms with Gasteiger partial charge in [-0.25, -0.2) is 4.79 Å². The van der Waals surface area contributed by atoms with Crippen LogP contribution in [0.25, 0.3) is 0 Å². The fraction of sp³-hybridized carbons (Fsp3) is 0.931. The lowest BCUT2D eigenvalue weighted by Gasteiger charge is -2.59. The van der Waals surface area contributed by atoms with E-state index in [0.717, 1.165) is 89.9 Å². The van der Waals surface area contributed by atoms with E-state index in [1.807, 2.05) is 0 Å². The van der Waals surface area contributed by atoms with Crippen molar-refractivity contribution < 1.29 is 43.2 Å². The summed E-state index contributed by atoms with van der Waals surface area (Å²) in [6.07, 6.45) is 16.7. The van der Waals surface area contributed by atoms with Gasteiger partial charge < -0.3 is 24.1 Å². The predicted octanol–water partition coefficient (Wildman–Crippen LogP) is 12.5. The summed E-state index contributed by atoms with van der Waals surface area (Å²) in [4.78, 5) is 58.8. The zero-order valence-corrected chi connectivity index (χ0v) is 44.4. The Balaban J connectivity index is 1.02. The van der Waals surface area contributed by atoms with Crippen LogP contribution in [0.15, 0.2) is 0 Å². The molecule has 0 aromatic rings. The zero-order chi connectivity index (χ0) is 48.8. The fourth-order valence-corrected chi connectivity index (χ4v) is 18.3. The van der Waals surface area contributed by atoms with E-state index < -0.39 is 61.4 Å². The van der Waals surface area contributed by atoms with Gasteiger partial charge >= 0.3 is 23.9 Å². The SMILES string of the molecule is CCC1CC2CC(C)C(C)(OC(=O)C3(CC(C)(C)CC)CC3(C)C(CC)CC3(C(=O)OC4CCOC4=O)CC3(C)C(C)(C)CC3(C(=O)OC45CC6CC(CC(O)(C6)C4)C5)CC3(C)CC)C(C1)C2. The first-order valence-electron chi connectivity index (χ1n) is 27.7. The summed E-state index contributed by atoms with van der Waals surface area (Å²) in [5, 5.41) is 11.6.